The average Bonchev–Trinajstić information content (AvgIpc) is 3.27. The summed E-state index contributed by atoms with van der Waals surface area (Å²) < 4.78 is 0. The van der Waals surface area contributed by atoms with Crippen molar-refractivity contribution >= 4 is 23.9 Å². The molecule has 11 heteroatoms. The Morgan fingerprint density at radius 2 is 0.694 bits per heavy atom. The zero-order valence-electron chi connectivity index (χ0n) is 39.5. The molecular formula is C51H92O11. The largest absolute Gasteiger partial charge is 0.394 e. The van der Waals surface area contributed by atoms with Gasteiger partial charge in [0, 0.05) is 0 Å². The SMILES string of the molecule is CCCCCCCC/C=C\CCCCCCCCCCCC(=O)OOC(=O)CC(C(=O)OOC(=O)CCCCCCCCCCC/C=C\CCCCCCCC)C(O)C(O)CO. The van der Waals surface area contributed by atoms with Gasteiger partial charge in [-0.3, -0.25) is 0 Å². The lowest BCUT2D eigenvalue weighted by atomic mass is 9.95. The van der Waals surface area contributed by atoms with Crippen LogP contribution in [-0.2, 0) is 38.7 Å². The van der Waals surface area contributed by atoms with Gasteiger partial charge in [0.2, 0.25) is 0 Å². The zero-order chi connectivity index (χ0) is 45.6. The number of hydrogen-bond donors (Lipinski definition) is 3. The molecule has 3 N–H and O–H groups in total. The van der Waals surface area contributed by atoms with E-state index in [1.807, 2.05) is 0 Å². The molecule has 0 spiro atoms. The van der Waals surface area contributed by atoms with E-state index in [1.54, 1.807) is 0 Å². The van der Waals surface area contributed by atoms with Gasteiger partial charge < -0.3 is 15.3 Å². The van der Waals surface area contributed by atoms with Crippen LogP contribution >= 0.6 is 0 Å². The van der Waals surface area contributed by atoms with Crippen molar-refractivity contribution in [3.63, 3.8) is 0 Å². The average molecular weight is 881 g/mol. The molecule has 0 heterocycles. The van der Waals surface area contributed by atoms with Gasteiger partial charge in [0.15, 0.2) is 0 Å². The fraction of sp³-hybridized carbons (Fsp3) is 0.843. The number of carbonyl (C=O) groups excluding carboxylic acids is 4. The fourth-order valence-corrected chi connectivity index (χ4v) is 7.35. The molecule has 3 atom stereocenters. The second-order valence-corrected chi connectivity index (χ2v) is 17.3. The standard InChI is InChI=1S/C51H92O11/c1-3-5-7-9-11-13-15-17-19-21-23-25-27-29-31-33-35-37-39-41-47(54)59-61-49(56)43-45(50(57)46(53)44-52)51(58)62-60-48(55)42-40-38-36-34-32-30-28-26-24-22-20-18-16-14-12-10-8-6-4-2/h17-20,45-46,50,52-53,57H,3-16,21-44H2,1-2H3/b19-17-,20-18-. The van der Waals surface area contributed by atoms with Gasteiger partial charge in [-0.1, -0.05) is 192 Å². The van der Waals surface area contributed by atoms with Crippen LogP contribution in [0.5, 0.6) is 0 Å². The van der Waals surface area contributed by atoms with E-state index >= 15 is 0 Å². The van der Waals surface area contributed by atoms with Gasteiger partial charge in [-0.25, -0.2) is 38.7 Å². The van der Waals surface area contributed by atoms with Crippen LogP contribution in [0.4, 0.5) is 0 Å². The third kappa shape index (κ3) is 40.0. The maximum absolute atomic E-state index is 12.7. The lowest BCUT2D eigenvalue weighted by molar-refractivity contribution is -0.269. The first kappa shape index (κ1) is 59.2. The Hall–Kier alpha value is -2.76. The molecule has 0 aliphatic heterocycles. The lowest BCUT2D eigenvalue weighted by Gasteiger charge is -2.22. The van der Waals surface area contributed by atoms with E-state index in [-0.39, 0.29) is 12.8 Å². The van der Waals surface area contributed by atoms with Crippen molar-refractivity contribution in [2.75, 3.05) is 6.61 Å². The first-order valence-electron chi connectivity index (χ1n) is 25.3. The van der Waals surface area contributed by atoms with Gasteiger partial charge in [0.25, 0.3) is 0 Å². The molecular weight excluding hydrogens is 789 g/mol. The number of carbonyl (C=O) groups is 4. The molecule has 0 amide bonds. The molecule has 0 aliphatic carbocycles. The summed E-state index contributed by atoms with van der Waals surface area (Å²) >= 11 is 0. The minimum Gasteiger partial charge on any atom is -0.394 e. The summed E-state index contributed by atoms with van der Waals surface area (Å²) in [5, 5.41) is 29.5. The Kier molecular flexibility index (Phi) is 44.2. The minimum absolute atomic E-state index is 0.0157. The Labute approximate surface area is 377 Å². The Bertz CT molecular complexity index is 1110. The molecule has 11 nitrogen and oxygen atoms in total. The van der Waals surface area contributed by atoms with Crippen molar-refractivity contribution in [2.24, 2.45) is 5.92 Å². The van der Waals surface area contributed by atoms with Crippen LogP contribution in [0.2, 0.25) is 0 Å². The summed E-state index contributed by atoms with van der Waals surface area (Å²) in [5.74, 6) is -5.82. The van der Waals surface area contributed by atoms with Gasteiger partial charge in [0.1, 0.15) is 12.0 Å². The van der Waals surface area contributed by atoms with Crippen molar-refractivity contribution < 1.29 is 54.0 Å². The number of aliphatic hydroxyl groups excluding tert-OH is 3. The van der Waals surface area contributed by atoms with E-state index in [1.165, 1.54) is 148 Å². The number of allylic oxidation sites excluding steroid dienone is 4. The van der Waals surface area contributed by atoms with Crippen molar-refractivity contribution in [2.45, 2.75) is 264 Å². The van der Waals surface area contributed by atoms with E-state index in [9.17, 15) is 34.5 Å². The van der Waals surface area contributed by atoms with Crippen molar-refractivity contribution in [1.29, 1.82) is 0 Å². The van der Waals surface area contributed by atoms with Crippen molar-refractivity contribution in [3.05, 3.63) is 24.3 Å². The van der Waals surface area contributed by atoms with E-state index in [0.29, 0.717) is 12.8 Å². The van der Waals surface area contributed by atoms with Crippen LogP contribution in [0, 0.1) is 5.92 Å². The summed E-state index contributed by atoms with van der Waals surface area (Å²) in [6, 6.07) is 0. The Balaban J connectivity index is 4.02. The first-order valence-corrected chi connectivity index (χ1v) is 25.3. The maximum Gasteiger partial charge on any atom is 0.361 e. The summed E-state index contributed by atoms with van der Waals surface area (Å²) in [6.07, 6.45) is 44.7. The normalized spacial score (nSPS) is 13.0. The monoisotopic (exact) mass is 881 g/mol. The molecule has 0 aromatic rings. The number of aliphatic hydroxyl groups is 3. The summed E-state index contributed by atoms with van der Waals surface area (Å²) in [7, 11) is 0. The lowest BCUT2D eigenvalue weighted by Crippen LogP contribution is -2.42. The summed E-state index contributed by atoms with van der Waals surface area (Å²) in [4.78, 5) is 67.7. The van der Waals surface area contributed by atoms with E-state index in [2.05, 4.69) is 57.7 Å². The van der Waals surface area contributed by atoms with Crippen LogP contribution in [0.25, 0.3) is 0 Å². The molecule has 362 valence electrons. The van der Waals surface area contributed by atoms with Crippen molar-refractivity contribution in [3.8, 4) is 0 Å². The highest BCUT2D eigenvalue weighted by molar-refractivity contribution is 5.81. The molecule has 3 unspecified atom stereocenters. The summed E-state index contributed by atoms with van der Waals surface area (Å²) in [5.41, 5.74) is 0. The zero-order valence-corrected chi connectivity index (χ0v) is 39.5. The second-order valence-electron chi connectivity index (χ2n) is 17.3. The third-order valence-corrected chi connectivity index (χ3v) is 11.4. The smallest absolute Gasteiger partial charge is 0.361 e. The third-order valence-electron chi connectivity index (χ3n) is 11.4. The van der Waals surface area contributed by atoms with Gasteiger partial charge in [-0.2, -0.15) is 0 Å². The number of unbranched alkanes of at least 4 members (excludes halogenated alkanes) is 30. The van der Waals surface area contributed by atoms with Crippen LogP contribution in [0.1, 0.15) is 251 Å². The number of hydrogen-bond acceptors (Lipinski definition) is 11. The molecule has 0 aromatic carbocycles. The Morgan fingerprint density at radius 3 is 1.03 bits per heavy atom. The molecule has 0 radical (unpaired) electrons. The maximum atomic E-state index is 12.7. The molecule has 0 saturated heterocycles. The highest BCUT2D eigenvalue weighted by atomic mass is 17.2. The van der Waals surface area contributed by atoms with E-state index < -0.39 is 55.0 Å². The van der Waals surface area contributed by atoms with Gasteiger partial charge in [-0.05, 0) is 64.2 Å². The minimum atomic E-state index is -1.95. The molecule has 0 bridgehead atoms. The number of rotatable bonds is 44. The summed E-state index contributed by atoms with van der Waals surface area (Å²) in [6.45, 7) is 3.58. The van der Waals surface area contributed by atoms with E-state index in [4.69, 9.17) is 0 Å². The molecule has 62 heavy (non-hydrogen) atoms. The van der Waals surface area contributed by atoms with Crippen molar-refractivity contribution in [1.82, 2.24) is 0 Å². The van der Waals surface area contributed by atoms with Gasteiger partial charge >= 0.3 is 23.9 Å². The van der Waals surface area contributed by atoms with Crippen LogP contribution in [0.15, 0.2) is 24.3 Å². The highest BCUT2D eigenvalue weighted by Crippen LogP contribution is 2.19. The molecule has 0 saturated carbocycles. The molecule has 0 aliphatic rings. The fourth-order valence-electron chi connectivity index (χ4n) is 7.35. The predicted molar refractivity (Wildman–Crippen MR) is 247 cm³/mol. The van der Waals surface area contributed by atoms with Crippen LogP contribution in [-0.4, -0.2) is 58.0 Å². The second kappa shape index (κ2) is 46.2. The highest BCUT2D eigenvalue weighted by Gasteiger charge is 2.37. The predicted octanol–water partition coefficient (Wildman–Crippen LogP) is 12.9. The van der Waals surface area contributed by atoms with Gasteiger partial charge in [-0.15, -0.1) is 0 Å². The Morgan fingerprint density at radius 1 is 0.403 bits per heavy atom. The molecule has 0 fully saturated rings. The van der Waals surface area contributed by atoms with Crippen LogP contribution in [0.3, 0.4) is 0 Å². The molecule has 0 rings (SSSR count). The molecule has 0 aromatic heterocycles. The quantitative estimate of drug-likeness (QED) is 0.0231. The van der Waals surface area contributed by atoms with Crippen LogP contribution < -0.4 is 0 Å². The topological polar surface area (TPSA) is 166 Å². The van der Waals surface area contributed by atoms with Gasteiger partial charge in [0.05, 0.1) is 32.0 Å². The van der Waals surface area contributed by atoms with E-state index in [0.717, 1.165) is 57.8 Å². The first-order chi connectivity index (χ1) is 30.3.